The zero-order valence-electron chi connectivity index (χ0n) is 14.5. The van der Waals surface area contributed by atoms with E-state index < -0.39 is 0 Å². The van der Waals surface area contributed by atoms with Crippen molar-refractivity contribution in [3.05, 3.63) is 57.6 Å². The summed E-state index contributed by atoms with van der Waals surface area (Å²) in [5.74, 6) is 1.41. The third-order valence-electron chi connectivity index (χ3n) is 3.66. The maximum Gasteiger partial charge on any atom is 0.161 e. The first-order valence-electron chi connectivity index (χ1n) is 8.08. The Kier molecular flexibility index (Phi) is 10.1. The Bertz CT molecular complexity index is 665. The second-order valence-corrected chi connectivity index (χ2v) is 6.38. The van der Waals surface area contributed by atoms with Crippen LogP contribution in [0, 0.1) is 0 Å². The lowest BCUT2D eigenvalue weighted by molar-refractivity contribution is 0.284. The van der Waals surface area contributed by atoms with Crippen LogP contribution in [0.1, 0.15) is 30.9 Å². The number of halogens is 3. The Labute approximate surface area is 166 Å². The lowest BCUT2D eigenvalue weighted by Gasteiger charge is -2.13. The largest absolute Gasteiger partial charge is 0.493 e. The maximum absolute atomic E-state index is 6.17. The van der Waals surface area contributed by atoms with E-state index in [1.807, 2.05) is 24.3 Å². The van der Waals surface area contributed by atoms with Crippen molar-refractivity contribution in [1.29, 1.82) is 0 Å². The number of hydrogen-bond donors (Lipinski definition) is 1. The van der Waals surface area contributed by atoms with Crippen LogP contribution in [-0.4, -0.2) is 13.7 Å². The van der Waals surface area contributed by atoms with Gasteiger partial charge in [0.1, 0.15) is 6.61 Å². The summed E-state index contributed by atoms with van der Waals surface area (Å²) in [6.45, 7) is 4.38. The summed E-state index contributed by atoms with van der Waals surface area (Å²) in [6.07, 6.45) is 2.37. The molecule has 0 bridgehead atoms. The van der Waals surface area contributed by atoms with Crippen molar-refractivity contribution in [2.24, 2.45) is 0 Å². The zero-order chi connectivity index (χ0) is 17.4. The number of ether oxygens (including phenoxy) is 2. The van der Waals surface area contributed by atoms with Gasteiger partial charge >= 0.3 is 0 Å². The van der Waals surface area contributed by atoms with Crippen molar-refractivity contribution in [2.75, 3.05) is 13.7 Å². The number of nitrogens with one attached hydrogen (secondary N) is 1. The van der Waals surface area contributed by atoms with E-state index in [-0.39, 0.29) is 12.4 Å². The molecule has 0 atom stereocenters. The fourth-order valence-electron chi connectivity index (χ4n) is 2.27. The van der Waals surface area contributed by atoms with E-state index >= 15 is 0 Å². The minimum Gasteiger partial charge on any atom is -0.493 e. The predicted molar refractivity (Wildman–Crippen MR) is 108 cm³/mol. The van der Waals surface area contributed by atoms with Crippen molar-refractivity contribution in [3.63, 3.8) is 0 Å². The number of hydrogen-bond acceptors (Lipinski definition) is 3. The standard InChI is InChI=1S/C19H23Cl2NO2.ClH/c1-3-4-9-22-12-14-5-8-18(19(10-14)23-2)24-13-15-6-7-16(20)11-17(15)21;/h5-8,10-11,22H,3-4,9,12-13H2,1-2H3;1H. The number of rotatable bonds is 9. The summed E-state index contributed by atoms with van der Waals surface area (Å²) in [5.41, 5.74) is 2.05. The van der Waals surface area contributed by atoms with Crippen LogP contribution >= 0.6 is 35.6 Å². The highest BCUT2D eigenvalue weighted by molar-refractivity contribution is 6.35. The Morgan fingerprint density at radius 1 is 1.04 bits per heavy atom. The van der Waals surface area contributed by atoms with Crippen LogP contribution in [0.2, 0.25) is 10.0 Å². The van der Waals surface area contributed by atoms with Gasteiger partial charge in [0.05, 0.1) is 7.11 Å². The predicted octanol–water partition coefficient (Wildman–Crippen LogP) is 5.89. The van der Waals surface area contributed by atoms with Crippen molar-refractivity contribution in [1.82, 2.24) is 5.32 Å². The minimum atomic E-state index is 0. The van der Waals surface area contributed by atoms with E-state index in [1.165, 1.54) is 18.4 Å². The molecule has 0 unspecified atom stereocenters. The molecule has 0 spiro atoms. The van der Waals surface area contributed by atoms with Crippen molar-refractivity contribution in [2.45, 2.75) is 32.9 Å². The molecule has 1 N–H and O–H groups in total. The average Bonchev–Trinajstić information content (AvgIpc) is 2.58. The average molecular weight is 405 g/mol. The van der Waals surface area contributed by atoms with Gasteiger partial charge in [0, 0.05) is 22.2 Å². The van der Waals surface area contributed by atoms with Crippen LogP contribution in [0.4, 0.5) is 0 Å². The molecule has 0 aliphatic rings. The van der Waals surface area contributed by atoms with Crippen molar-refractivity contribution in [3.8, 4) is 11.5 Å². The summed E-state index contributed by atoms with van der Waals surface area (Å²) >= 11 is 12.1. The molecule has 3 nitrogen and oxygen atoms in total. The maximum atomic E-state index is 6.17. The zero-order valence-corrected chi connectivity index (χ0v) is 16.8. The highest BCUT2D eigenvalue weighted by atomic mass is 35.5. The lowest BCUT2D eigenvalue weighted by Crippen LogP contribution is -2.14. The molecule has 138 valence electrons. The van der Waals surface area contributed by atoms with Crippen molar-refractivity contribution >= 4 is 35.6 Å². The Morgan fingerprint density at radius 3 is 2.52 bits per heavy atom. The highest BCUT2D eigenvalue weighted by Crippen LogP contribution is 2.30. The van der Waals surface area contributed by atoms with E-state index in [4.69, 9.17) is 32.7 Å². The molecular formula is C19H24Cl3NO2. The van der Waals surface area contributed by atoms with Gasteiger partial charge in [-0.2, -0.15) is 0 Å². The van der Waals surface area contributed by atoms with E-state index in [0.717, 1.165) is 24.4 Å². The molecule has 25 heavy (non-hydrogen) atoms. The van der Waals surface area contributed by atoms with Crippen LogP contribution < -0.4 is 14.8 Å². The van der Waals surface area contributed by atoms with E-state index in [0.29, 0.717) is 22.4 Å². The first-order chi connectivity index (χ1) is 11.6. The molecule has 0 saturated carbocycles. The smallest absolute Gasteiger partial charge is 0.161 e. The van der Waals surface area contributed by atoms with Gasteiger partial charge in [0.2, 0.25) is 0 Å². The summed E-state index contributed by atoms with van der Waals surface area (Å²) in [7, 11) is 1.64. The number of unbranched alkanes of at least 4 members (excludes halogenated alkanes) is 1. The van der Waals surface area contributed by atoms with Crippen LogP contribution in [0.25, 0.3) is 0 Å². The van der Waals surface area contributed by atoms with Gasteiger partial charge < -0.3 is 14.8 Å². The fraction of sp³-hybridized carbons (Fsp3) is 0.368. The first-order valence-corrected chi connectivity index (χ1v) is 8.84. The molecule has 0 fully saturated rings. The van der Waals surface area contributed by atoms with Gasteiger partial charge in [-0.1, -0.05) is 48.7 Å². The molecule has 0 heterocycles. The normalized spacial score (nSPS) is 10.2. The second kappa shape index (κ2) is 11.5. The Hall–Kier alpha value is -1.13. The van der Waals surface area contributed by atoms with E-state index in [2.05, 4.69) is 12.2 Å². The van der Waals surface area contributed by atoms with E-state index in [1.54, 1.807) is 19.2 Å². The molecule has 0 amide bonds. The van der Waals surface area contributed by atoms with Gasteiger partial charge in [0.15, 0.2) is 11.5 Å². The monoisotopic (exact) mass is 403 g/mol. The van der Waals surface area contributed by atoms with Gasteiger partial charge in [-0.05, 0) is 42.8 Å². The SMILES string of the molecule is CCCCNCc1ccc(OCc2ccc(Cl)cc2Cl)c(OC)c1.Cl. The molecule has 2 rings (SSSR count). The van der Waals surface area contributed by atoms with Crippen LogP contribution in [-0.2, 0) is 13.2 Å². The first kappa shape index (κ1) is 21.9. The van der Waals surface area contributed by atoms with E-state index in [9.17, 15) is 0 Å². The van der Waals surface area contributed by atoms with Gasteiger partial charge in [-0.3, -0.25) is 0 Å². The molecule has 2 aromatic rings. The lowest BCUT2D eigenvalue weighted by atomic mass is 10.2. The summed E-state index contributed by atoms with van der Waals surface area (Å²) in [6, 6.07) is 11.3. The van der Waals surface area contributed by atoms with Gasteiger partial charge in [-0.25, -0.2) is 0 Å². The molecular weight excluding hydrogens is 381 g/mol. The third kappa shape index (κ3) is 6.95. The molecule has 2 aromatic carbocycles. The van der Waals surface area contributed by atoms with Crippen LogP contribution in [0.15, 0.2) is 36.4 Å². The van der Waals surface area contributed by atoms with Crippen LogP contribution in [0.3, 0.4) is 0 Å². The van der Waals surface area contributed by atoms with Gasteiger partial charge in [-0.15, -0.1) is 12.4 Å². The molecule has 6 heteroatoms. The summed E-state index contributed by atoms with van der Waals surface area (Å²) < 4.78 is 11.3. The Balaban J connectivity index is 0.00000312. The second-order valence-electron chi connectivity index (χ2n) is 5.54. The summed E-state index contributed by atoms with van der Waals surface area (Å²) in [4.78, 5) is 0. The quantitative estimate of drug-likeness (QED) is 0.528. The molecule has 0 aliphatic carbocycles. The molecule has 0 radical (unpaired) electrons. The number of methoxy groups -OCH3 is 1. The third-order valence-corrected chi connectivity index (χ3v) is 4.25. The summed E-state index contributed by atoms with van der Waals surface area (Å²) in [5, 5.41) is 4.63. The molecule has 0 saturated heterocycles. The van der Waals surface area contributed by atoms with Crippen molar-refractivity contribution < 1.29 is 9.47 Å². The van der Waals surface area contributed by atoms with Crippen LogP contribution in [0.5, 0.6) is 11.5 Å². The number of benzene rings is 2. The molecule has 0 aromatic heterocycles. The Morgan fingerprint density at radius 2 is 1.84 bits per heavy atom. The highest BCUT2D eigenvalue weighted by Gasteiger charge is 2.08. The topological polar surface area (TPSA) is 30.5 Å². The van der Waals surface area contributed by atoms with Gasteiger partial charge in [0.25, 0.3) is 0 Å². The minimum absolute atomic E-state index is 0. The fourth-order valence-corrected chi connectivity index (χ4v) is 2.73. The molecule has 0 aliphatic heterocycles.